The van der Waals surface area contributed by atoms with Gasteiger partial charge in [0.05, 0.1) is 6.21 Å². The van der Waals surface area contributed by atoms with Crippen LogP contribution in [-0.2, 0) is 0 Å². The lowest BCUT2D eigenvalue weighted by atomic mass is 10.1. The molecule has 0 saturated carbocycles. The Labute approximate surface area is 160 Å². The third-order valence-electron chi connectivity index (χ3n) is 3.80. The van der Waals surface area contributed by atoms with Gasteiger partial charge in [0.2, 0.25) is 0 Å². The molecule has 0 amide bonds. The lowest BCUT2D eigenvalue weighted by Gasteiger charge is -2.11. The minimum absolute atomic E-state index is 0.433. The molecule has 7 heteroatoms. The highest BCUT2D eigenvalue weighted by molar-refractivity contribution is 9.10. The summed E-state index contributed by atoms with van der Waals surface area (Å²) in [6, 6.07) is 11.8. The van der Waals surface area contributed by atoms with E-state index in [-0.39, 0.29) is 0 Å². The minimum atomic E-state index is 0.433. The van der Waals surface area contributed by atoms with Gasteiger partial charge in [0.1, 0.15) is 37.4 Å². The Morgan fingerprint density at radius 2 is 1.77 bits per heavy atom. The second-order valence-corrected chi connectivity index (χ2v) is 6.63. The van der Waals surface area contributed by atoms with Crippen molar-refractivity contribution in [1.29, 1.82) is 0 Å². The van der Waals surface area contributed by atoms with Crippen LogP contribution in [-0.4, -0.2) is 34.3 Å². The number of rotatable bonds is 7. The van der Waals surface area contributed by atoms with Crippen molar-refractivity contribution >= 4 is 22.1 Å². The SMILES string of the molecule is Cc1ccc(OCCOc2ccc(Br)cc2/C=N/n2cnnc2)cc1C. The minimum Gasteiger partial charge on any atom is -0.490 e. The van der Waals surface area contributed by atoms with Crippen LogP contribution in [0.2, 0.25) is 0 Å². The van der Waals surface area contributed by atoms with Crippen LogP contribution in [0.15, 0.2) is 58.6 Å². The predicted molar refractivity (Wildman–Crippen MR) is 104 cm³/mol. The maximum absolute atomic E-state index is 5.86. The Morgan fingerprint density at radius 1 is 1.00 bits per heavy atom. The van der Waals surface area contributed by atoms with Gasteiger partial charge in [0.15, 0.2) is 0 Å². The second-order valence-electron chi connectivity index (χ2n) is 5.71. The maximum atomic E-state index is 5.86. The van der Waals surface area contributed by atoms with Crippen molar-refractivity contribution in [2.24, 2.45) is 5.10 Å². The summed E-state index contributed by atoms with van der Waals surface area (Å²) in [6.45, 7) is 5.04. The van der Waals surface area contributed by atoms with Gasteiger partial charge < -0.3 is 9.47 Å². The van der Waals surface area contributed by atoms with E-state index in [1.807, 2.05) is 30.3 Å². The Balaban J connectivity index is 1.59. The summed E-state index contributed by atoms with van der Waals surface area (Å²) in [7, 11) is 0. The van der Waals surface area contributed by atoms with Crippen molar-refractivity contribution in [2.45, 2.75) is 13.8 Å². The first kappa shape index (κ1) is 18.1. The number of hydrogen-bond acceptors (Lipinski definition) is 5. The smallest absolute Gasteiger partial charge is 0.141 e. The molecule has 0 spiro atoms. The molecule has 0 unspecified atom stereocenters. The van der Waals surface area contributed by atoms with Gasteiger partial charge in [0.25, 0.3) is 0 Å². The summed E-state index contributed by atoms with van der Waals surface area (Å²) in [4.78, 5) is 0. The molecule has 2 aromatic carbocycles. The number of ether oxygens (including phenoxy) is 2. The quantitative estimate of drug-likeness (QED) is 0.432. The fourth-order valence-corrected chi connectivity index (χ4v) is 2.63. The zero-order chi connectivity index (χ0) is 18.4. The van der Waals surface area contributed by atoms with Crippen LogP contribution in [0, 0.1) is 13.8 Å². The van der Waals surface area contributed by atoms with E-state index in [0.29, 0.717) is 13.2 Å². The average molecular weight is 415 g/mol. The molecule has 0 atom stereocenters. The zero-order valence-corrected chi connectivity index (χ0v) is 16.2. The molecule has 6 nitrogen and oxygen atoms in total. The Bertz CT molecular complexity index is 895. The summed E-state index contributed by atoms with van der Waals surface area (Å²) in [5, 5.41) is 11.7. The lowest BCUT2D eigenvalue weighted by molar-refractivity contribution is 0.217. The van der Waals surface area contributed by atoms with Crippen molar-refractivity contribution in [3.63, 3.8) is 0 Å². The van der Waals surface area contributed by atoms with Gasteiger partial charge in [-0.3, -0.25) is 0 Å². The van der Waals surface area contributed by atoms with Crippen molar-refractivity contribution in [3.05, 3.63) is 70.2 Å². The van der Waals surface area contributed by atoms with Crippen molar-refractivity contribution in [3.8, 4) is 11.5 Å². The third-order valence-corrected chi connectivity index (χ3v) is 4.29. The van der Waals surface area contributed by atoms with Crippen LogP contribution < -0.4 is 9.47 Å². The zero-order valence-electron chi connectivity index (χ0n) is 14.6. The fourth-order valence-electron chi connectivity index (χ4n) is 2.25. The Morgan fingerprint density at radius 3 is 2.54 bits per heavy atom. The number of aryl methyl sites for hydroxylation is 2. The first-order valence-corrected chi connectivity index (χ1v) is 8.92. The van der Waals surface area contributed by atoms with Gasteiger partial charge in [0, 0.05) is 10.0 Å². The normalized spacial score (nSPS) is 11.0. The van der Waals surface area contributed by atoms with Gasteiger partial charge in [-0.25, -0.2) is 4.68 Å². The van der Waals surface area contributed by atoms with Gasteiger partial charge in [-0.2, -0.15) is 5.10 Å². The molecule has 1 heterocycles. The molecule has 0 saturated heterocycles. The largest absolute Gasteiger partial charge is 0.490 e. The number of aromatic nitrogens is 3. The van der Waals surface area contributed by atoms with Gasteiger partial charge in [-0.05, 0) is 55.3 Å². The Hall–Kier alpha value is -2.67. The standard InChI is InChI=1S/C19H19BrN4O2/c1-14-3-5-18(9-15(14)2)25-7-8-26-19-6-4-17(20)10-16(19)11-23-24-12-21-22-13-24/h3-6,9-13H,7-8H2,1-2H3/b23-11+. The van der Waals surface area contributed by atoms with E-state index in [2.05, 4.69) is 51.1 Å². The van der Waals surface area contributed by atoms with Crippen LogP contribution in [0.5, 0.6) is 11.5 Å². The molecule has 0 aliphatic rings. The molecule has 134 valence electrons. The highest BCUT2D eigenvalue weighted by Crippen LogP contribution is 2.22. The first-order valence-electron chi connectivity index (χ1n) is 8.13. The second kappa shape index (κ2) is 8.62. The molecule has 0 aliphatic carbocycles. The van der Waals surface area contributed by atoms with Gasteiger partial charge in [-0.1, -0.05) is 22.0 Å². The van der Waals surface area contributed by atoms with E-state index in [1.165, 1.54) is 28.5 Å². The summed E-state index contributed by atoms with van der Waals surface area (Å²) in [5.74, 6) is 1.58. The van der Waals surface area contributed by atoms with Crippen LogP contribution in [0.4, 0.5) is 0 Å². The summed E-state index contributed by atoms with van der Waals surface area (Å²) in [5.41, 5.74) is 3.31. The molecule has 3 aromatic rings. The van der Waals surface area contributed by atoms with Crippen LogP contribution >= 0.6 is 15.9 Å². The van der Waals surface area contributed by atoms with Gasteiger partial charge >= 0.3 is 0 Å². The predicted octanol–water partition coefficient (Wildman–Crippen LogP) is 4.00. The topological polar surface area (TPSA) is 61.5 Å². The van der Waals surface area contributed by atoms with E-state index in [9.17, 15) is 0 Å². The van der Waals surface area contributed by atoms with E-state index >= 15 is 0 Å². The molecular formula is C19H19BrN4O2. The summed E-state index contributed by atoms with van der Waals surface area (Å²) >= 11 is 3.47. The van der Waals surface area contributed by atoms with E-state index in [4.69, 9.17) is 9.47 Å². The van der Waals surface area contributed by atoms with Gasteiger partial charge in [-0.15, -0.1) is 10.2 Å². The number of halogens is 1. The third kappa shape index (κ3) is 4.92. The highest BCUT2D eigenvalue weighted by atomic mass is 79.9. The monoisotopic (exact) mass is 414 g/mol. The van der Waals surface area contributed by atoms with Crippen LogP contribution in [0.1, 0.15) is 16.7 Å². The van der Waals surface area contributed by atoms with E-state index < -0.39 is 0 Å². The molecule has 0 N–H and O–H groups in total. The molecule has 0 fully saturated rings. The van der Waals surface area contributed by atoms with Crippen LogP contribution in [0.25, 0.3) is 0 Å². The fraction of sp³-hybridized carbons (Fsp3) is 0.211. The molecule has 0 aliphatic heterocycles. The molecular weight excluding hydrogens is 396 g/mol. The molecule has 26 heavy (non-hydrogen) atoms. The first-order chi connectivity index (χ1) is 12.6. The number of benzene rings is 2. The number of nitrogens with zero attached hydrogens (tertiary/aromatic N) is 4. The van der Waals surface area contributed by atoms with Crippen molar-refractivity contribution < 1.29 is 9.47 Å². The average Bonchev–Trinajstić information content (AvgIpc) is 3.15. The summed E-state index contributed by atoms with van der Waals surface area (Å²) < 4.78 is 14.1. The summed E-state index contributed by atoms with van der Waals surface area (Å²) in [6.07, 6.45) is 4.74. The maximum Gasteiger partial charge on any atom is 0.141 e. The van der Waals surface area contributed by atoms with Crippen molar-refractivity contribution in [2.75, 3.05) is 13.2 Å². The number of hydrogen-bond donors (Lipinski definition) is 0. The molecule has 3 rings (SSSR count). The Kier molecular flexibility index (Phi) is 6.01. The molecule has 0 bridgehead atoms. The van der Waals surface area contributed by atoms with Crippen molar-refractivity contribution in [1.82, 2.24) is 14.9 Å². The highest BCUT2D eigenvalue weighted by Gasteiger charge is 2.04. The van der Waals surface area contributed by atoms with Crippen LogP contribution in [0.3, 0.4) is 0 Å². The lowest BCUT2D eigenvalue weighted by Crippen LogP contribution is -2.10. The molecule has 0 radical (unpaired) electrons. The van der Waals surface area contributed by atoms with E-state index in [0.717, 1.165) is 21.5 Å². The van der Waals surface area contributed by atoms with E-state index in [1.54, 1.807) is 6.21 Å². The molecule has 1 aromatic heterocycles.